The Kier molecular flexibility index (Phi) is 4.95. The summed E-state index contributed by atoms with van der Waals surface area (Å²) in [6.45, 7) is 3.28. The summed E-state index contributed by atoms with van der Waals surface area (Å²) >= 11 is 0. The van der Waals surface area contributed by atoms with E-state index < -0.39 is 0 Å². The van der Waals surface area contributed by atoms with E-state index in [2.05, 4.69) is 39.0 Å². The number of carbonyl (C=O) groups is 1. The predicted molar refractivity (Wildman–Crippen MR) is 117 cm³/mol. The van der Waals surface area contributed by atoms with Gasteiger partial charge in [0.25, 0.3) is 0 Å². The highest BCUT2D eigenvalue weighted by molar-refractivity contribution is 5.77. The molecule has 30 heavy (non-hydrogen) atoms. The quantitative estimate of drug-likeness (QED) is 0.659. The van der Waals surface area contributed by atoms with Gasteiger partial charge in [0, 0.05) is 51.2 Å². The lowest BCUT2D eigenvalue weighted by atomic mass is 9.85. The highest BCUT2D eigenvalue weighted by Crippen LogP contribution is 2.45. The molecule has 3 aromatic rings. The van der Waals surface area contributed by atoms with Gasteiger partial charge in [0.05, 0.1) is 16.8 Å². The molecule has 1 aromatic carbocycles. The molecule has 2 aromatic heterocycles. The Morgan fingerprint density at radius 2 is 1.80 bits per heavy atom. The lowest BCUT2D eigenvalue weighted by Gasteiger charge is -2.26. The number of hydrogen-bond acceptors (Lipinski definition) is 4. The normalized spacial score (nSPS) is 20.0. The minimum absolute atomic E-state index is 0.0682. The fraction of sp³-hybridized carbons (Fsp3) is 0.320. The summed E-state index contributed by atoms with van der Waals surface area (Å²) in [6.07, 6.45) is 7.95. The molecule has 152 valence electrons. The average Bonchev–Trinajstić information content (AvgIpc) is 3.36. The highest BCUT2D eigenvalue weighted by Gasteiger charge is 2.49. The molecule has 1 spiro atoms. The number of likely N-dealkylation sites (tertiary alicyclic amines) is 1. The van der Waals surface area contributed by atoms with Crippen LogP contribution in [-0.2, 0) is 23.2 Å². The molecule has 2 aliphatic rings. The largest absolute Gasteiger partial charge is 0.365 e. The third kappa shape index (κ3) is 3.56. The topological polar surface area (TPSA) is 49.3 Å². The Hall–Kier alpha value is -3.21. The Bertz CT molecular complexity index is 1020. The summed E-state index contributed by atoms with van der Waals surface area (Å²) < 4.78 is 0. The number of hydrogen-bond donors (Lipinski definition) is 0. The molecule has 0 radical (unpaired) electrons. The number of benzene rings is 1. The van der Waals surface area contributed by atoms with Gasteiger partial charge >= 0.3 is 0 Å². The van der Waals surface area contributed by atoms with Crippen molar-refractivity contribution in [2.24, 2.45) is 0 Å². The summed E-state index contributed by atoms with van der Waals surface area (Å²) in [5.74, 6) is 0.249. The number of pyridine rings is 2. The molecule has 0 bridgehead atoms. The number of fused-ring (bicyclic) bond motifs is 2. The Balaban J connectivity index is 1.30. The fourth-order valence-electron chi connectivity index (χ4n) is 4.90. The van der Waals surface area contributed by atoms with Crippen molar-refractivity contribution in [1.29, 1.82) is 0 Å². The van der Waals surface area contributed by atoms with Crippen molar-refractivity contribution in [2.75, 3.05) is 24.5 Å². The molecule has 4 heterocycles. The Labute approximate surface area is 177 Å². The number of carbonyl (C=O) groups excluding carboxylic acids is 1. The molecular weight excluding hydrogens is 372 g/mol. The van der Waals surface area contributed by atoms with Crippen LogP contribution in [0.5, 0.6) is 0 Å². The monoisotopic (exact) mass is 398 g/mol. The summed E-state index contributed by atoms with van der Waals surface area (Å²) in [7, 11) is 0. The second-order valence-electron chi connectivity index (χ2n) is 8.42. The zero-order valence-electron chi connectivity index (χ0n) is 17.1. The predicted octanol–water partition coefficient (Wildman–Crippen LogP) is 3.60. The molecule has 1 fully saturated rings. The van der Waals surface area contributed by atoms with E-state index in [-0.39, 0.29) is 11.3 Å². The third-order valence-electron chi connectivity index (χ3n) is 6.40. The molecule has 0 unspecified atom stereocenters. The van der Waals surface area contributed by atoms with Crippen molar-refractivity contribution >= 4 is 11.6 Å². The molecule has 5 heteroatoms. The van der Waals surface area contributed by atoms with Crippen molar-refractivity contribution in [2.45, 2.75) is 31.2 Å². The highest BCUT2D eigenvalue weighted by atomic mass is 16.2. The van der Waals surface area contributed by atoms with E-state index in [4.69, 9.17) is 4.98 Å². The van der Waals surface area contributed by atoms with Gasteiger partial charge in [-0.05, 0) is 42.2 Å². The van der Waals surface area contributed by atoms with Gasteiger partial charge in [-0.1, -0.05) is 36.4 Å². The van der Waals surface area contributed by atoms with Gasteiger partial charge in [-0.3, -0.25) is 14.8 Å². The van der Waals surface area contributed by atoms with Gasteiger partial charge in [0.15, 0.2) is 0 Å². The van der Waals surface area contributed by atoms with E-state index in [9.17, 15) is 4.79 Å². The van der Waals surface area contributed by atoms with E-state index in [1.807, 2.05) is 42.7 Å². The van der Waals surface area contributed by atoms with E-state index >= 15 is 0 Å². The molecule has 1 atom stereocenters. The minimum Gasteiger partial charge on any atom is -0.365 e. The van der Waals surface area contributed by atoms with Crippen LogP contribution < -0.4 is 4.90 Å². The summed E-state index contributed by atoms with van der Waals surface area (Å²) in [5, 5.41) is 0. The second kappa shape index (κ2) is 7.90. The van der Waals surface area contributed by atoms with Gasteiger partial charge in [-0.25, -0.2) is 0 Å². The number of aryl methyl sites for hydroxylation is 1. The standard InChI is InChI=1S/C25H26N4O/c30-23(11-10-20-6-2-1-3-7-20)28-15-12-25(18-28)19-29(17-21-8-4-13-26-16-21)22-9-5-14-27-24(22)25/h1-9,13-14,16H,10-12,15,17-19H2/t25-/m1/s1. The molecule has 1 amide bonds. The van der Waals surface area contributed by atoms with E-state index in [0.717, 1.165) is 44.7 Å². The average molecular weight is 399 g/mol. The van der Waals surface area contributed by atoms with Crippen molar-refractivity contribution < 1.29 is 4.79 Å². The molecule has 5 nitrogen and oxygen atoms in total. The first-order valence-electron chi connectivity index (χ1n) is 10.6. The number of rotatable bonds is 5. The molecular formula is C25H26N4O. The number of amides is 1. The number of aromatic nitrogens is 2. The van der Waals surface area contributed by atoms with Crippen LogP contribution >= 0.6 is 0 Å². The van der Waals surface area contributed by atoms with Gasteiger partial charge in [0.2, 0.25) is 5.91 Å². The zero-order chi connectivity index (χ0) is 20.4. The molecule has 0 saturated carbocycles. The summed E-state index contributed by atoms with van der Waals surface area (Å²) in [5.41, 5.74) is 4.68. The smallest absolute Gasteiger partial charge is 0.222 e. The maximum Gasteiger partial charge on any atom is 0.222 e. The van der Waals surface area contributed by atoms with Gasteiger partial charge < -0.3 is 9.80 Å². The zero-order valence-corrected chi connectivity index (χ0v) is 17.1. The molecule has 1 saturated heterocycles. The van der Waals surface area contributed by atoms with Crippen LogP contribution in [0.1, 0.15) is 29.7 Å². The maximum atomic E-state index is 12.9. The molecule has 0 N–H and O–H groups in total. The first-order chi connectivity index (χ1) is 14.7. The Morgan fingerprint density at radius 3 is 2.63 bits per heavy atom. The first-order valence-corrected chi connectivity index (χ1v) is 10.6. The van der Waals surface area contributed by atoms with Crippen molar-refractivity contribution in [3.05, 3.63) is 90.0 Å². The van der Waals surface area contributed by atoms with Crippen LogP contribution in [0.3, 0.4) is 0 Å². The maximum absolute atomic E-state index is 12.9. The first kappa shape index (κ1) is 18.8. The minimum atomic E-state index is -0.0682. The van der Waals surface area contributed by atoms with Crippen LogP contribution in [0.25, 0.3) is 0 Å². The van der Waals surface area contributed by atoms with E-state index in [0.29, 0.717) is 6.42 Å². The van der Waals surface area contributed by atoms with E-state index in [1.165, 1.54) is 16.8 Å². The summed E-state index contributed by atoms with van der Waals surface area (Å²) in [4.78, 5) is 26.4. The van der Waals surface area contributed by atoms with Crippen LogP contribution in [0.15, 0.2) is 73.2 Å². The number of anilines is 1. The number of nitrogens with zero attached hydrogens (tertiary/aromatic N) is 4. The lowest BCUT2D eigenvalue weighted by molar-refractivity contribution is -0.130. The van der Waals surface area contributed by atoms with E-state index in [1.54, 1.807) is 6.20 Å². The third-order valence-corrected chi connectivity index (χ3v) is 6.40. The van der Waals surface area contributed by atoms with Gasteiger partial charge in [-0.2, -0.15) is 0 Å². The van der Waals surface area contributed by atoms with Gasteiger partial charge in [0.1, 0.15) is 0 Å². The van der Waals surface area contributed by atoms with Crippen molar-refractivity contribution in [3.63, 3.8) is 0 Å². The summed E-state index contributed by atoms with van der Waals surface area (Å²) in [6, 6.07) is 18.5. The van der Waals surface area contributed by atoms with Crippen molar-refractivity contribution in [3.8, 4) is 0 Å². The van der Waals surface area contributed by atoms with Crippen LogP contribution in [0.2, 0.25) is 0 Å². The Morgan fingerprint density at radius 1 is 0.967 bits per heavy atom. The van der Waals surface area contributed by atoms with Crippen LogP contribution in [0.4, 0.5) is 5.69 Å². The van der Waals surface area contributed by atoms with Crippen molar-refractivity contribution in [1.82, 2.24) is 14.9 Å². The van der Waals surface area contributed by atoms with Crippen LogP contribution in [0, 0.1) is 0 Å². The second-order valence-corrected chi connectivity index (χ2v) is 8.42. The molecule has 0 aliphatic carbocycles. The molecule has 5 rings (SSSR count). The molecule has 2 aliphatic heterocycles. The fourth-order valence-corrected chi connectivity index (χ4v) is 4.90. The SMILES string of the molecule is O=C(CCc1ccccc1)N1CC[C@@]2(C1)CN(Cc1cccnc1)c1cccnc12. The van der Waals surface area contributed by atoms with Gasteiger partial charge in [-0.15, -0.1) is 0 Å². The lowest BCUT2D eigenvalue weighted by Crippen LogP contribution is -2.38. The van der Waals surface area contributed by atoms with Crippen LogP contribution in [-0.4, -0.2) is 40.4 Å².